The molecule has 22 heavy (non-hydrogen) atoms. The van der Waals surface area contributed by atoms with E-state index in [0.717, 1.165) is 17.8 Å². The van der Waals surface area contributed by atoms with E-state index in [0.29, 0.717) is 26.8 Å². The third-order valence-corrected chi connectivity index (χ3v) is 4.70. The number of ether oxygens (including phenoxy) is 1. The second-order valence-electron chi connectivity index (χ2n) is 5.04. The Morgan fingerprint density at radius 1 is 1.41 bits per heavy atom. The summed E-state index contributed by atoms with van der Waals surface area (Å²) in [7, 11) is 0. The summed E-state index contributed by atoms with van der Waals surface area (Å²) in [5.41, 5.74) is 0. The quantitative estimate of drug-likeness (QED) is 0.873. The molecule has 8 heteroatoms. The Bertz CT molecular complexity index is 703. The number of carbonyl (C=O) groups is 1. The zero-order valence-electron chi connectivity index (χ0n) is 11.7. The van der Waals surface area contributed by atoms with Gasteiger partial charge < -0.3 is 4.74 Å². The summed E-state index contributed by atoms with van der Waals surface area (Å²) in [5, 5.41) is 13.1. The number of halogens is 2. The van der Waals surface area contributed by atoms with Gasteiger partial charge in [0.1, 0.15) is 10.8 Å². The van der Waals surface area contributed by atoms with E-state index in [-0.39, 0.29) is 5.91 Å². The van der Waals surface area contributed by atoms with E-state index in [9.17, 15) is 4.79 Å². The van der Waals surface area contributed by atoms with Crippen LogP contribution in [-0.4, -0.2) is 22.2 Å². The lowest BCUT2D eigenvalue weighted by molar-refractivity contribution is -0.122. The van der Waals surface area contributed by atoms with Gasteiger partial charge in [0.05, 0.1) is 5.02 Å². The van der Waals surface area contributed by atoms with Crippen molar-refractivity contribution in [3.63, 3.8) is 0 Å². The standard InChI is InChI=1S/C14H13Cl2N3O2S/c1-7(21-11-5-4-9(15)6-10(11)16)12(20)17-14-19-18-13(22-14)8-2-3-8/h4-8H,2-3H2,1H3,(H,17,19,20). The number of hydrogen-bond acceptors (Lipinski definition) is 5. The van der Waals surface area contributed by atoms with Crippen molar-refractivity contribution >= 4 is 45.6 Å². The number of nitrogens with zero attached hydrogens (tertiary/aromatic N) is 2. The predicted molar refractivity (Wildman–Crippen MR) is 87.1 cm³/mol. The van der Waals surface area contributed by atoms with Crippen LogP contribution in [-0.2, 0) is 4.79 Å². The van der Waals surface area contributed by atoms with Crippen LogP contribution in [0.25, 0.3) is 0 Å². The van der Waals surface area contributed by atoms with Crippen molar-refractivity contribution in [3.8, 4) is 5.75 Å². The molecule has 0 bridgehead atoms. The molecule has 116 valence electrons. The maximum Gasteiger partial charge on any atom is 0.266 e. The van der Waals surface area contributed by atoms with E-state index in [4.69, 9.17) is 27.9 Å². The number of anilines is 1. The second kappa shape index (κ2) is 6.40. The average Bonchev–Trinajstić information content (AvgIpc) is 3.22. The number of hydrogen-bond donors (Lipinski definition) is 1. The molecule has 2 aromatic rings. The molecular formula is C14H13Cl2N3O2S. The highest BCUT2D eigenvalue weighted by Crippen LogP contribution is 2.42. The van der Waals surface area contributed by atoms with E-state index < -0.39 is 6.10 Å². The fraction of sp³-hybridized carbons (Fsp3) is 0.357. The van der Waals surface area contributed by atoms with E-state index in [1.54, 1.807) is 25.1 Å². The predicted octanol–water partition coefficient (Wildman–Crippen LogP) is 4.13. The van der Waals surface area contributed by atoms with E-state index in [1.165, 1.54) is 11.3 Å². The van der Waals surface area contributed by atoms with Gasteiger partial charge in [0, 0.05) is 10.9 Å². The van der Waals surface area contributed by atoms with Crippen LogP contribution in [0.1, 0.15) is 30.7 Å². The summed E-state index contributed by atoms with van der Waals surface area (Å²) in [5.74, 6) is 0.624. The Kier molecular flexibility index (Phi) is 4.52. The number of amides is 1. The lowest BCUT2D eigenvalue weighted by Crippen LogP contribution is -2.30. The van der Waals surface area contributed by atoms with E-state index in [1.807, 2.05) is 0 Å². The zero-order valence-corrected chi connectivity index (χ0v) is 14.0. The molecule has 1 aromatic heterocycles. The van der Waals surface area contributed by atoms with Gasteiger partial charge in [-0.1, -0.05) is 34.5 Å². The third kappa shape index (κ3) is 3.69. The maximum atomic E-state index is 12.1. The van der Waals surface area contributed by atoms with Crippen molar-refractivity contribution in [2.75, 3.05) is 5.32 Å². The molecule has 1 atom stereocenters. The van der Waals surface area contributed by atoms with Crippen molar-refractivity contribution in [2.45, 2.75) is 31.8 Å². The Labute approximate surface area is 141 Å². The van der Waals surface area contributed by atoms with Crippen molar-refractivity contribution in [1.29, 1.82) is 0 Å². The smallest absolute Gasteiger partial charge is 0.266 e. The summed E-state index contributed by atoms with van der Waals surface area (Å²) in [6.45, 7) is 1.64. The van der Waals surface area contributed by atoms with E-state index >= 15 is 0 Å². The van der Waals surface area contributed by atoms with Crippen LogP contribution in [0.4, 0.5) is 5.13 Å². The molecule has 1 aliphatic carbocycles. The van der Waals surface area contributed by atoms with Crippen LogP contribution in [0.5, 0.6) is 5.75 Å². The first kappa shape index (κ1) is 15.5. The van der Waals surface area contributed by atoms with Gasteiger partial charge in [-0.3, -0.25) is 10.1 Å². The minimum absolute atomic E-state index is 0.301. The SMILES string of the molecule is CC(Oc1ccc(Cl)cc1Cl)C(=O)Nc1nnc(C2CC2)s1. The minimum atomic E-state index is -0.716. The highest BCUT2D eigenvalue weighted by atomic mass is 35.5. The monoisotopic (exact) mass is 357 g/mol. The minimum Gasteiger partial charge on any atom is -0.479 e. The zero-order chi connectivity index (χ0) is 15.7. The van der Waals surface area contributed by atoms with Gasteiger partial charge in [-0.2, -0.15) is 0 Å². The molecule has 1 heterocycles. The molecule has 3 rings (SSSR count). The van der Waals surface area contributed by atoms with Crippen molar-refractivity contribution < 1.29 is 9.53 Å². The van der Waals surface area contributed by atoms with Gasteiger partial charge in [0.25, 0.3) is 5.91 Å². The molecule has 1 amide bonds. The van der Waals surface area contributed by atoms with Gasteiger partial charge in [-0.05, 0) is 38.0 Å². The molecular weight excluding hydrogens is 345 g/mol. The van der Waals surface area contributed by atoms with Crippen LogP contribution in [0.3, 0.4) is 0 Å². The van der Waals surface area contributed by atoms with Crippen molar-refractivity contribution in [2.24, 2.45) is 0 Å². The summed E-state index contributed by atoms with van der Waals surface area (Å²) >= 11 is 13.3. The largest absolute Gasteiger partial charge is 0.479 e. The number of aromatic nitrogens is 2. The average molecular weight is 358 g/mol. The molecule has 1 saturated carbocycles. The van der Waals surface area contributed by atoms with Gasteiger partial charge in [-0.15, -0.1) is 10.2 Å². The number of carbonyl (C=O) groups excluding carboxylic acids is 1. The summed E-state index contributed by atoms with van der Waals surface area (Å²) in [4.78, 5) is 12.1. The normalized spacial score (nSPS) is 15.4. The van der Waals surface area contributed by atoms with Crippen molar-refractivity contribution in [3.05, 3.63) is 33.3 Å². The molecule has 1 N–H and O–H groups in total. The molecule has 1 aromatic carbocycles. The third-order valence-electron chi connectivity index (χ3n) is 3.16. The van der Waals surface area contributed by atoms with Crippen molar-refractivity contribution in [1.82, 2.24) is 10.2 Å². The van der Waals surface area contributed by atoms with Crippen LogP contribution < -0.4 is 10.1 Å². The van der Waals surface area contributed by atoms with Gasteiger partial charge >= 0.3 is 0 Å². The number of benzene rings is 1. The summed E-state index contributed by atoms with van der Waals surface area (Å²) in [6.07, 6.45) is 1.58. The Balaban J connectivity index is 1.60. The maximum absolute atomic E-state index is 12.1. The molecule has 0 aliphatic heterocycles. The molecule has 0 radical (unpaired) electrons. The summed E-state index contributed by atoms with van der Waals surface area (Å²) in [6, 6.07) is 4.85. The van der Waals surface area contributed by atoms with Crippen LogP contribution in [0.2, 0.25) is 10.0 Å². The highest BCUT2D eigenvalue weighted by Gasteiger charge is 2.28. The van der Waals surface area contributed by atoms with Gasteiger partial charge in [0.2, 0.25) is 5.13 Å². The lowest BCUT2D eigenvalue weighted by atomic mass is 10.3. The first-order valence-corrected chi connectivity index (χ1v) is 8.36. The fourth-order valence-corrected chi connectivity index (χ4v) is 3.17. The first-order chi connectivity index (χ1) is 10.5. The molecule has 0 spiro atoms. The van der Waals surface area contributed by atoms with Crippen LogP contribution >= 0.6 is 34.5 Å². The molecule has 1 aliphatic rings. The number of nitrogens with one attached hydrogen (secondary N) is 1. The second-order valence-corrected chi connectivity index (χ2v) is 6.90. The first-order valence-electron chi connectivity index (χ1n) is 6.79. The van der Waals surface area contributed by atoms with Crippen LogP contribution in [0.15, 0.2) is 18.2 Å². The molecule has 0 saturated heterocycles. The molecule has 1 unspecified atom stereocenters. The molecule has 1 fully saturated rings. The summed E-state index contributed by atoms with van der Waals surface area (Å²) < 4.78 is 5.55. The Morgan fingerprint density at radius 2 is 2.18 bits per heavy atom. The van der Waals surface area contributed by atoms with Gasteiger partial charge in [0.15, 0.2) is 6.10 Å². The lowest BCUT2D eigenvalue weighted by Gasteiger charge is -2.14. The van der Waals surface area contributed by atoms with Crippen LogP contribution in [0, 0.1) is 0 Å². The topological polar surface area (TPSA) is 64.1 Å². The highest BCUT2D eigenvalue weighted by molar-refractivity contribution is 7.15. The number of rotatable bonds is 5. The molecule has 5 nitrogen and oxygen atoms in total. The Hall–Kier alpha value is -1.37. The fourth-order valence-electron chi connectivity index (χ4n) is 1.80. The van der Waals surface area contributed by atoms with E-state index in [2.05, 4.69) is 15.5 Å². The Morgan fingerprint density at radius 3 is 2.86 bits per heavy atom. The van der Waals surface area contributed by atoms with Gasteiger partial charge in [-0.25, -0.2) is 0 Å².